The van der Waals surface area contributed by atoms with E-state index in [1.807, 2.05) is 42.2 Å². The van der Waals surface area contributed by atoms with Gasteiger partial charge in [0, 0.05) is 39.0 Å². The van der Waals surface area contributed by atoms with Crippen LogP contribution in [0.3, 0.4) is 0 Å². The average molecular weight is 447 g/mol. The zero-order valence-corrected chi connectivity index (χ0v) is 20.1. The molecule has 5 heteroatoms. The molecule has 1 aliphatic heterocycles. The van der Waals surface area contributed by atoms with Crippen LogP contribution in [0.1, 0.15) is 41.1 Å². The van der Waals surface area contributed by atoms with Gasteiger partial charge in [0.1, 0.15) is 17.3 Å². The van der Waals surface area contributed by atoms with Gasteiger partial charge in [-0.15, -0.1) is 0 Å². The number of ether oxygens (including phenoxy) is 1. The van der Waals surface area contributed by atoms with E-state index in [0.717, 1.165) is 42.5 Å². The quantitative estimate of drug-likeness (QED) is 0.479. The lowest BCUT2D eigenvalue weighted by Crippen LogP contribution is -2.35. The fourth-order valence-corrected chi connectivity index (χ4v) is 4.94. The molecule has 0 aliphatic carbocycles. The normalized spacial score (nSPS) is 18.4. The number of benzene rings is 2. The summed E-state index contributed by atoms with van der Waals surface area (Å²) in [6.45, 7) is 9.68. The minimum Gasteiger partial charge on any atom is -0.496 e. The molecule has 1 fully saturated rings. The highest BCUT2D eigenvalue weighted by atomic mass is 16.5. The van der Waals surface area contributed by atoms with Crippen LogP contribution >= 0.6 is 0 Å². The molecule has 3 aromatic rings. The minimum absolute atomic E-state index is 0.105. The Morgan fingerprint density at radius 3 is 2.48 bits per heavy atom. The van der Waals surface area contributed by atoms with Gasteiger partial charge >= 0.3 is 0 Å². The van der Waals surface area contributed by atoms with Crippen LogP contribution < -0.4 is 4.74 Å². The molecule has 1 aromatic heterocycles. The molecule has 2 atom stereocenters. The minimum atomic E-state index is 0.105. The SMILES string of the molecule is COc1ccccc1C1CN(Cc2cc(C)c(C)o2)CC1CN(Cc1ccccc1)C(C)=O. The summed E-state index contributed by atoms with van der Waals surface area (Å²) in [4.78, 5) is 17.0. The first kappa shape index (κ1) is 23.1. The first-order valence-corrected chi connectivity index (χ1v) is 11.6. The molecule has 0 bridgehead atoms. The van der Waals surface area contributed by atoms with Gasteiger partial charge in [0.15, 0.2) is 0 Å². The van der Waals surface area contributed by atoms with Crippen molar-refractivity contribution in [3.05, 3.63) is 88.9 Å². The van der Waals surface area contributed by atoms with Crippen LogP contribution in [0.2, 0.25) is 0 Å². The lowest BCUT2D eigenvalue weighted by atomic mass is 9.87. The van der Waals surface area contributed by atoms with Crippen LogP contribution in [0, 0.1) is 19.8 Å². The number of rotatable bonds is 8. The Balaban J connectivity index is 1.58. The first-order valence-electron chi connectivity index (χ1n) is 11.6. The number of furan rings is 1. The predicted molar refractivity (Wildman–Crippen MR) is 130 cm³/mol. The van der Waals surface area contributed by atoms with E-state index >= 15 is 0 Å². The maximum absolute atomic E-state index is 12.6. The fourth-order valence-electron chi connectivity index (χ4n) is 4.94. The van der Waals surface area contributed by atoms with E-state index in [4.69, 9.17) is 9.15 Å². The molecule has 5 nitrogen and oxygen atoms in total. The summed E-state index contributed by atoms with van der Waals surface area (Å²) in [5, 5.41) is 0. The van der Waals surface area contributed by atoms with Crippen LogP contribution in [0.5, 0.6) is 5.75 Å². The van der Waals surface area contributed by atoms with Crippen LogP contribution in [-0.4, -0.2) is 42.5 Å². The van der Waals surface area contributed by atoms with E-state index in [2.05, 4.69) is 42.2 Å². The largest absolute Gasteiger partial charge is 0.496 e. The number of hydrogen-bond acceptors (Lipinski definition) is 4. The summed E-state index contributed by atoms with van der Waals surface area (Å²) >= 11 is 0. The third-order valence-corrected chi connectivity index (χ3v) is 6.77. The number of carbonyl (C=O) groups is 1. The molecule has 1 saturated heterocycles. The van der Waals surface area contributed by atoms with Crippen molar-refractivity contribution in [3.63, 3.8) is 0 Å². The van der Waals surface area contributed by atoms with Crippen molar-refractivity contribution in [1.29, 1.82) is 0 Å². The summed E-state index contributed by atoms with van der Waals surface area (Å²) in [7, 11) is 1.73. The Morgan fingerprint density at radius 1 is 1.09 bits per heavy atom. The van der Waals surface area contributed by atoms with Crippen LogP contribution in [0.15, 0.2) is 65.1 Å². The van der Waals surface area contributed by atoms with Crippen molar-refractivity contribution < 1.29 is 13.9 Å². The number of aryl methyl sites for hydroxylation is 2. The van der Waals surface area contributed by atoms with Crippen LogP contribution in [0.4, 0.5) is 0 Å². The monoisotopic (exact) mass is 446 g/mol. The number of carbonyl (C=O) groups excluding carboxylic acids is 1. The maximum Gasteiger partial charge on any atom is 0.219 e. The van der Waals surface area contributed by atoms with E-state index in [0.29, 0.717) is 19.0 Å². The van der Waals surface area contributed by atoms with Crippen molar-refractivity contribution in [2.45, 2.75) is 39.8 Å². The lowest BCUT2D eigenvalue weighted by Gasteiger charge is -2.28. The summed E-state index contributed by atoms with van der Waals surface area (Å²) in [6.07, 6.45) is 0. The number of methoxy groups -OCH3 is 1. The molecule has 0 radical (unpaired) electrons. The molecule has 174 valence electrons. The topological polar surface area (TPSA) is 45.9 Å². The molecule has 2 heterocycles. The molecular formula is C28H34N2O3. The van der Waals surface area contributed by atoms with Crippen molar-refractivity contribution in [1.82, 2.24) is 9.80 Å². The highest BCUT2D eigenvalue weighted by molar-refractivity contribution is 5.73. The molecule has 0 N–H and O–H groups in total. The van der Waals surface area contributed by atoms with Crippen molar-refractivity contribution >= 4 is 5.91 Å². The Hall–Kier alpha value is -3.05. The molecule has 0 spiro atoms. The highest BCUT2D eigenvalue weighted by Crippen LogP contribution is 2.38. The van der Waals surface area contributed by atoms with E-state index in [1.165, 1.54) is 11.1 Å². The summed E-state index contributed by atoms with van der Waals surface area (Å²) in [5.74, 6) is 3.57. The summed E-state index contributed by atoms with van der Waals surface area (Å²) in [5.41, 5.74) is 3.55. The molecule has 4 rings (SSSR count). The number of amides is 1. The Labute approximate surface area is 197 Å². The smallest absolute Gasteiger partial charge is 0.219 e. The van der Waals surface area contributed by atoms with Gasteiger partial charge < -0.3 is 14.1 Å². The zero-order chi connectivity index (χ0) is 23.4. The van der Waals surface area contributed by atoms with E-state index in [1.54, 1.807) is 14.0 Å². The first-order chi connectivity index (χ1) is 15.9. The molecule has 33 heavy (non-hydrogen) atoms. The third-order valence-electron chi connectivity index (χ3n) is 6.77. The van der Waals surface area contributed by atoms with Crippen molar-refractivity contribution in [3.8, 4) is 5.75 Å². The van der Waals surface area contributed by atoms with E-state index in [-0.39, 0.29) is 11.8 Å². The molecule has 1 amide bonds. The molecule has 0 saturated carbocycles. The third kappa shape index (κ3) is 5.48. The highest BCUT2D eigenvalue weighted by Gasteiger charge is 2.37. The Kier molecular flexibility index (Phi) is 7.19. The van der Waals surface area contributed by atoms with Gasteiger partial charge in [0.2, 0.25) is 5.91 Å². The average Bonchev–Trinajstić information content (AvgIpc) is 3.35. The second-order valence-electron chi connectivity index (χ2n) is 9.14. The number of hydrogen-bond donors (Lipinski definition) is 0. The Bertz CT molecular complexity index is 1060. The predicted octanol–water partition coefficient (Wildman–Crippen LogP) is 5.17. The van der Waals surface area contributed by atoms with Crippen molar-refractivity contribution in [2.24, 2.45) is 5.92 Å². The van der Waals surface area contributed by atoms with Gasteiger partial charge in [-0.1, -0.05) is 48.5 Å². The van der Waals surface area contributed by atoms with Gasteiger partial charge in [-0.25, -0.2) is 0 Å². The molecule has 2 unspecified atom stereocenters. The maximum atomic E-state index is 12.6. The standard InChI is InChI=1S/C28H34N2O3/c1-20-14-25(33-21(20)2)18-29-16-24(27(19-29)26-12-8-9-13-28(26)32-4)17-30(22(3)31)15-23-10-6-5-7-11-23/h5-14,24,27H,15-19H2,1-4H3. The second-order valence-corrected chi connectivity index (χ2v) is 9.14. The number of likely N-dealkylation sites (tertiary alicyclic amines) is 1. The van der Waals surface area contributed by atoms with Gasteiger partial charge in [-0.05, 0) is 48.6 Å². The van der Waals surface area contributed by atoms with Gasteiger partial charge in [0.25, 0.3) is 0 Å². The van der Waals surface area contributed by atoms with Gasteiger partial charge in [0.05, 0.1) is 13.7 Å². The lowest BCUT2D eigenvalue weighted by molar-refractivity contribution is -0.130. The molecule has 1 aliphatic rings. The summed E-state index contributed by atoms with van der Waals surface area (Å²) < 4.78 is 11.7. The van der Waals surface area contributed by atoms with Crippen LogP contribution in [-0.2, 0) is 17.9 Å². The van der Waals surface area contributed by atoms with E-state index < -0.39 is 0 Å². The summed E-state index contributed by atoms with van der Waals surface area (Å²) in [6, 6.07) is 20.6. The second kappa shape index (κ2) is 10.3. The molecule has 2 aromatic carbocycles. The van der Waals surface area contributed by atoms with Gasteiger partial charge in [-0.3, -0.25) is 9.69 Å². The van der Waals surface area contributed by atoms with Gasteiger partial charge in [-0.2, -0.15) is 0 Å². The Morgan fingerprint density at radius 2 is 1.82 bits per heavy atom. The molecular weight excluding hydrogens is 412 g/mol. The number of para-hydroxylation sites is 1. The van der Waals surface area contributed by atoms with E-state index in [9.17, 15) is 4.79 Å². The van der Waals surface area contributed by atoms with Crippen LogP contribution in [0.25, 0.3) is 0 Å². The zero-order valence-electron chi connectivity index (χ0n) is 20.1. The van der Waals surface area contributed by atoms with Crippen molar-refractivity contribution in [2.75, 3.05) is 26.7 Å². The number of nitrogens with zero attached hydrogens (tertiary/aromatic N) is 2. The fraction of sp³-hybridized carbons (Fsp3) is 0.393.